The van der Waals surface area contributed by atoms with E-state index < -0.39 is 53.7 Å². The number of carbonyl (C=O) groups excluding carboxylic acids is 5. The first-order valence-electron chi connectivity index (χ1n) is 16.2. The first-order chi connectivity index (χ1) is 22.0. The van der Waals surface area contributed by atoms with Crippen LogP contribution in [0.2, 0.25) is 0 Å². The number of aliphatic hydroxyl groups is 1. The van der Waals surface area contributed by atoms with Crippen molar-refractivity contribution < 1.29 is 38.6 Å². The number of hydrogen-bond acceptors (Lipinski definition) is 8. The molecule has 3 rings (SSSR count). The maximum atomic E-state index is 13.1. The van der Waals surface area contributed by atoms with Gasteiger partial charge in [-0.1, -0.05) is 68.7 Å². The quantitative estimate of drug-likeness (QED) is 0.230. The number of carbonyl (C=O) groups is 5. The number of esters is 1. The van der Waals surface area contributed by atoms with E-state index in [1.165, 1.54) is 13.2 Å². The number of rotatable bonds is 5. The van der Waals surface area contributed by atoms with E-state index in [-0.39, 0.29) is 35.9 Å². The lowest BCUT2D eigenvalue weighted by Gasteiger charge is -2.29. The summed E-state index contributed by atoms with van der Waals surface area (Å²) in [6, 6.07) is -0.840. The van der Waals surface area contributed by atoms with Crippen LogP contribution < -0.4 is 10.6 Å². The molecule has 2 aliphatic carbocycles. The van der Waals surface area contributed by atoms with Crippen LogP contribution >= 0.6 is 0 Å². The molecular weight excluding hydrogens is 588 g/mol. The number of ether oxygens (including phenoxy) is 2. The SMILES string of the molecule is CO[C@H]1C=C/C=C/C=C/C[C@H](OC(=O)[C@@H](C)NC(=O)C2CCCCC2)[C@H](C)[C@@H](O)/C(C)=C\CCC2=CC(=O)C=C(NC(=O)C1)C2=O. The molecule has 10 heteroatoms. The molecule has 0 spiro atoms. The fourth-order valence-corrected chi connectivity index (χ4v) is 5.73. The Hall–Kier alpha value is -3.89. The van der Waals surface area contributed by atoms with Gasteiger partial charge in [0.1, 0.15) is 12.1 Å². The molecule has 1 fully saturated rings. The summed E-state index contributed by atoms with van der Waals surface area (Å²) in [6.07, 6.45) is 18.1. The van der Waals surface area contributed by atoms with E-state index >= 15 is 0 Å². The van der Waals surface area contributed by atoms with Gasteiger partial charge in [0, 0.05) is 37.0 Å². The number of methoxy groups -OCH3 is 1. The second-order valence-corrected chi connectivity index (χ2v) is 12.3. The minimum absolute atomic E-state index is 0.0567. The smallest absolute Gasteiger partial charge is 0.328 e. The Morgan fingerprint density at radius 3 is 2.48 bits per heavy atom. The Labute approximate surface area is 271 Å². The highest BCUT2D eigenvalue weighted by Gasteiger charge is 2.31. The van der Waals surface area contributed by atoms with Crippen LogP contribution in [0.3, 0.4) is 0 Å². The summed E-state index contributed by atoms with van der Waals surface area (Å²) in [6.45, 7) is 5.16. The van der Waals surface area contributed by atoms with E-state index in [2.05, 4.69) is 10.6 Å². The maximum absolute atomic E-state index is 13.1. The minimum Gasteiger partial charge on any atom is -0.460 e. The van der Waals surface area contributed by atoms with Crippen LogP contribution in [0.4, 0.5) is 0 Å². The molecule has 0 radical (unpaired) electrons. The number of ketones is 2. The molecule has 0 aromatic heterocycles. The van der Waals surface area contributed by atoms with Gasteiger partial charge < -0.3 is 25.2 Å². The van der Waals surface area contributed by atoms with E-state index in [1.807, 2.05) is 6.08 Å². The van der Waals surface area contributed by atoms with Gasteiger partial charge >= 0.3 is 5.97 Å². The lowest BCUT2D eigenvalue weighted by Crippen LogP contribution is -2.45. The Morgan fingerprint density at radius 2 is 1.76 bits per heavy atom. The fraction of sp³-hybridized carbons (Fsp3) is 0.528. The van der Waals surface area contributed by atoms with Crippen molar-refractivity contribution in [3.63, 3.8) is 0 Å². The van der Waals surface area contributed by atoms with Crippen molar-refractivity contribution in [2.24, 2.45) is 11.8 Å². The van der Waals surface area contributed by atoms with Crippen LogP contribution in [-0.2, 0) is 33.4 Å². The van der Waals surface area contributed by atoms with Crippen molar-refractivity contribution in [3.8, 4) is 0 Å². The van der Waals surface area contributed by atoms with Gasteiger partial charge in [0.2, 0.25) is 17.6 Å². The van der Waals surface area contributed by atoms with E-state index in [1.54, 1.807) is 57.2 Å². The normalized spacial score (nSPS) is 29.1. The summed E-state index contributed by atoms with van der Waals surface area (Å²) in [4.78, 5) is 63.8. The van der Waals surface area contributed by atoms with E-state index in [9.17, 15) is 29.1 Å². The van der Waals surface area contributed by atoms with E-state index in [0.717, 1.165) is 38.2 Å². The summed E-state index contributed by atoms with van der Waals surface area (Å²) in [5.74, 6) is -2.59. The average Bonchev–Trinajstić information content (AvgIpc) is 3.04. The zero-order chi connectivity index (χ0) is 33.6. The lowest BCUT2D eigenvalue weighted by atomic mass is 9.88. The third kappa shape index (κ3) is 11.2. The molecule has 2 bridgehead atoms. The number of amides is 2. The van der Waals surface area contributed by atoms with Gasteiger partial charge in [0.25, 0.3) is 0 Å². The summed E-state index contributed by atoms with van der Waals surface area (Å²) in [5.41, 5.74) is 0.803. The molecule has 1 saturated carbocycles. The summed E-state index contributed by atoms with van der Waals surface area (Å²) in [5, 5.41) is 16.6. The van der Waals surface area contributed by atoms with Crippen LogP contribution in [0.5, 0.6) is 0 Å². The van der Waals surface area contributed by atoms with Gasteiger partial charge in [-0.25, -0.2) is 4.79 Å². The predicted molar refractivity (Wildman–Crippen MR) is 174 cm³/mol. The molecule has 1 aliphatic heterocycles. The largest absolute Gasteiger partial charge is 0.460 e. The summed E-state index contributed by atoms with van der Waals surface area (Å²) >= 11 is 0. The predicted octanol–water partition coefficient (Wildman–Crippen LogP) is 4.26. The number of hydrogen-bond donors (Lipinski definition) is 3. The second-order valence-electron chi connectivity index (χ2n) is 12.3. The van der Waals surface area contributed by atoms with Crippen LogP contribution in [0.25, 0.3) is 0 Å². The zero-order valence-corrected chi connectivity index (χ0v) is 27.3. The first-order valence-corrected chi connectivity index (χ1v) is 16.2. The molecule has 0 unspecified atom stereocenters. The maximum Gasteiger partial charge on any atom is 0.328 e. The Balaban J connectivity index is 1.79. The van der Waals surface area contributed by atoms with Crippen molar-refractivity contribution in [2.45, 2.75) is 103 Å². The topological polar surface area (TPSA) is 148 Å². The molecule has 1 heterocycles. The van der Waals surface area contributed by atoms with Gasteiger partial charge in [-0.2, -0.15) is 0 Å². The van der Waals surface area contributed by atoms with E-state index in [0.29, 0.717) is 18.4 Å². The van der Waals surface area contributed by atoms with Crippen molar-refractivity contribution in [2.75, 3.05) is 7.11 Å². The number of Topliss-reactive ketones (excluding diaryl/α,β-unsaturated/α-hetero) is 1. The number of allylic oxidation sites excluding steroid dienone is 8. The van der Waals surface area contributed by atoms with Crippen molar-refractivity contribution in [1.82, 2.24) is 10.6 Å². The molecule has 10 nitrogen and oxygen atoms in total. The lowest BCUT2D eigenvalue weighted by molar-refractivity contribution is -0.156. The Kier molecular flexibility index (Phi) is 14.6. The van der Waals surface area contributed by atoms with Crippen LogP contribution in [-0.4, -0.2) is 65.9 Å². The molecule has 2 amide bonds. The third-order valence-electron chi connectivity index (χ3n) is 8.65. The Morgan fingerprint density at radius 1 is 1.04 bits per heavy atom. The standard InChI is InChI=1S/C36H48N2O8/c1-23-14-13-17-27-20-28(39)21-30(34(27)42)38-32(40)22-29(45-4)18-11-6-5-7-12-19-31(24(2)33(23)41)46-36(44)25(3)37-35(43)26-15-9-8-10-16-26/h5-7,11-12,14,18,20-21,24-26,29,31,33,41H,8-10,13,15-17,19,22H2,1-4H3,(H,37,43)(H,38,40)/b6-5+,12-7+,18-11?,23-14-/t24-,25+,29-,31-,33-/m0/s1. The van der Waals surface area contributed by atoms with Gasteiger partial charge in [0.15, 0.2) is 5.78 Å². The van der Waals surface area contributed by atoms with Crippen LogP contribution in [0, 0.1) is 11.8 Å². The molecule has 250 valence electrons. The molecular formula is C36H48N2O8. The first kappa shape index (κ1) is 36.6. The van der Waals surface area contributed by atoms with Crippen LogP contribution in [0.15, 0.2) is 71.5 Å². The minimum atomic E-state index is -0.968. The molecule has 0 aromatic carbocycles. The molecule has 3 N–H and O–H groups in total. The second kappa shape index (κ2) is 18.3. The molecule has 46 heavy (non-hydrogen) atoms. The summed E-state index contributed by atoms with van der Waals surface area (Å²) in [7, 11) is 1.47. The molecule has 3 aliphatic rings. The Bertz CT molecular complexity index is 1310. The average molecular weight is 637 g/mol. The van der Waals surface area contributed by atoms with E-state index in [4.69, 9.17) is 9.47 Å². The van der Waals surface area contributed by atoms with Crippen molar-refractivity contribution in [3.05, 3.63) is 71.5 Å². The van der Waals surface area contributed by atoms with Gasteiger partial charge in [-0.3, -0.25) is 19.2 Å². The molecule has 5 atom stereocenters. The number of aliphatic hydroxyl groups excluding tert-OH is 1. The van der Waals surface area contributed by atoms with Crippen molar-refractivity contribution in [1.29, 1.82) is 0 Å². The van der Waals surface area contributed by atoms with Gasteiger partial charge in [-0.05, 0) is 51.2 Å². The molecule has 0 aromatic rings. The fourth-order valence-electron chi connectivity index (χ4n) is 5.73. The van der Waals surface area contributed by atoms with Crippen LogP contribution in [0.1, 0.15) is 78.6 Å². The number of nitrogens with one attached hydrogen (secondary N) is 2. The summed E-state index contributed by atoms with van der Waals surface area (Å²) < 4.78 is 11.3. The highest BCUT2D eigenvalue weighted by Crippen LogP contribution is 2.25. The van der Waals surface area contributed by atoms with Gasteiger partial charge in [0.05, 0.1) is 24.3 Å². The highest BCUT2D eigenvalue weighted by molar-refractivity contribution is 6.21. The zero-order valence-electron chi connectivity index (χ0n) is 27.3. The number of fused-ring (bicyclic) bond motifs is 2. The molecule has 0 saturated heterocycles. The van der Waals surface area contributed by atoms with Gasteiger partial charge in [-0.15, -0.1) is 0 Å². The monoisotopic (exact) mass is 636 g/mol. The third-order valence-corrected chi connectivity index (χ3v) is 8.65. The van der Waals surface area contributed by atoms with Crippen molar-refractivity contribution >= 4 is 29.4 Å². The highest BCUT2D eigenvalue weighted by atomic mass is 16.5.